The van der Waals surface area contributed by atoms with Crippen molar-refractivity contribution in [2.75, 3.05) is 13.4 Å². The summed E-state index contributed by atoms with van der Waals surface area (Å²) in [6.07, 6.45) is 1.83. The van der Waals surface area contributed by atoms with E-state index in [0.29, 0.717) is 37.7 Å². The Balaban J connectivity index is 1.72. The molecular formula is C24H19BrN2O5S. The minimum Gasteiger partial charge on any atom is -0.463 e. The summed E-state index contributed by atoms with van der Waals surface area (Å²) >= 11 is 4.72. The van der Waals surface area contributed by atoms with E-state index < -0.39 is 12.0 Å². The lowest BCUT2D eigenvalue weighted by Crippen LogP contribution is -2.39. The molecule has 0 saturated carbocycles. The number of nitrogens with zero attached hydrogens (tertiary/aromatic N) is 2. The zero-order valence-corrected chi connectivity index (χ0v) is 20.2. The largest absolute Gasteiger partial charge is 0.463 e. The van der Waals surface area contributed by atoms with Crippen LogP contribution < -0.4 is 24.4 Å². The maximum Gasteiger partial charge on any atom is 0.338 e. The van der Waals surface area contributed by atoms with Gasteiger partial charge in [-0.25, -0.2) is 9.79 Å². The van der Waals surface area contributed by atoms with Crippen LogP contribution in [-0.4, -0.2) is 23.9 Å². The summed E-state index contributed by atoms with van der Waals surface area (Å²) in [5, 5.41) is 0. The number of carbonyl (C=O) groups is 1. The highest BCUT2D eigenvalue weighted by molar-refractivity contribution is 9.10. The molecule has 2 aliphatic heterocycles. The van der Waals surface area contributed by atoms with Gasteiger partial charge in [0.1, 0.15) is 0 Å². The third-order valence-corrected chi connectivity index (χ3v) is 6.91. The van der Waals surface area contributed by atoms with Gasteiger partial charge >= 0.3 is 5.97 Å². The minimum atomic E-state index is -0.693. The second-order valence-electron chi connectivity index (χ2n) is 7.47. The third kappa shape index (κ3) is 3.91. The van der Waals surface area contributed by atoms with Crippen molar-refractivity contribution < 1.29 is 19.0 Å². The molecule has 1 atom stereocenters. The van der Waals surface area contributed by atoms with Gasteiger partial charge in [0, 0.05) is 4.47 Å². The molecule has 168 valence electrons. The van der Waals surface area contributed by atoms with Crippen LogP contribution >= 0.6 is 27.3 Å². The SMILES string of the molecule is CCOC(=O)C1=C(C)N=c2sc(=Cc3ccc(Br)cc3)c(=O)n2C1c1ccc2c(c1)OCO2. The van der Waals surface area contributed by atoms with Crippen molar-refractivity contribution in [3.63, 3.8) is 0 Å². The van der Waals surface area contributed by atoms with Crippen molar-refractivity contribution in [2.45, 2.75) is 19.9 Å². The molecule has 9 heteroatoms. The fourth-order valence-corrected chi connectivity index (χ4v) is 5.21. The fraction of sp³-hybridized carbons (Fsp3) is 0.208. The number of carbonyl (C=O) groups excluding carboxylic acids is 1. The molecule has 0 fully saturated rings. The molecule has 3 heterocycles. The van der Waals surface area contributed by atoms with Crippen molar-refractivity contribution in [3.8, 4) is 11.5 Å². The summed E-state index contributed by atoms with van der Waals surface area (Å²) in [5.74, 6) is 0.700. The van der Waals surface area contributed by atoms with E-state index in [9.17, 15) is 9.59 Å². The fourth-order valence-electron chi connectivity index (χ4n) is 3.90. The van der Waals surface area contributed by atoms with Crippen LogP contribution in [0.4, 0.5) is 0 Å². The first-order valence-electron chi connectivity index (χ1n) is 10.3. The summed E-state index contributed by atoms with van der Waals surface area (Å²) in [5.41, 5.74) is 2.24. The van der Waals surface area contributed by atoms with E-state index in [1.807, 2.05) is 36.4 Å². The molecule has 5 rings (SSSR count). The maximum absolute atomic E-state index is 13.6. The molecule has 7 nitrogen and oxygen atoms in total. The topological polar surface area (TPSA) is 79.1 Å². The van der Waals surface area contributed by atoms with Crippen molar-refractivity contribution in [1.82, 2.24) is 4.57 Å². The Labute approximate surface area is 201 Å². The van der Waals surface area contributed by atoms with Crippen LogP contribution in [0, 0.1) is 0 Å². The lowest BCUT2D eigenvalue weighted by Gasteiger charge is -2.24. The van der Waals surface area contributed by atoms with E-state index in [1.54, 1.807) is 30.5 Å². The molecule has 3 aromatic rings. The second kappa shape index (κ2) is 8.64. The van der Waals surface area contributed by atoms with Crippen LogP contribution in [0.1, 0.15) is 31.0 Å². The van der Waals surface area contributed by atoms with Crippen molar-refractivity contribution in [2.24, 2.45) is 4.99 Å². The Morgan fingerprint density at radius 2 is 2.00 bits per heavy atom. The van der Waals surface area contributed by atoms with Gasteiger partial charge in [-0.3, -0.25) is 9.36 Å². The van der Waals surface area contributed by atoms with Gasteiger partial charge in [0.25, 0.3) is 5.56 Å². The number of allylic oxidation sites excluding steroid dienone is 1. The van der Waals surface area contributed by atoms with Gasteiger partial charge in [0.15, 0.2) is 16.3 Å². The molecule has 2 aliphatic rings. The van der Waals surface area contributed by atoms with Gasteiger partial charge < -0.3 is 14.2 Å². The monoisotopic (exact) mass is 526 g/mol. The number of esters is 1. The first kappa shape index (κ1) is 21.7. The molecule has 0 radical (unpaired) electrons. The molecule has 2 aromatic carbocycles. The average Bonchev–Trinajstić information content (AvgIpc) is 3.38. The molecule has 0 bridgehead atoms. The van der Waals surface area contributed by atoms with Gasteiger partial charge in [-0.15, -0.1) is 0 Å². The normalized spacial score (nSPS) is 17.1. The average molecular weight is 527 g/mol. The zero-order chi connectivity index (χ0) is 23.1. The Hall–Kier alpha value is -3.17. The summed E-state index contributed by atoms with van der Waals surface area (Å²) in [6, 6.07) is 12.4. The third-order valence-electron chi connectivity index (χ3n) is 5.40. The molecule has 1 aromatic heterocycles. The molecule has 0 spiro atoms. The standard InChI is InChI=1S/C24H19BrN2O5S/c1-3-30-23(29)20-13(2)26-24-27(21(20)15-6-9-17-18(11-15)32-12-31-17)22(28)19(33-24)10-14-4-7-16(25)8-5-14/h4-11,21H,3,12H2,1-2H3. The number of ether oxygens (including phenoxy) is 3. The molecule has 33 heavy (non-hydrogen) atoms. The van der Waals surface area contributed by atoms with Gasteiger partial charge in [-0.2, -0.15) is 0 Å². The van der Waals surface area contributed by atoms with Crippen LogP contribution in [0.3, 0.4) is 0 Å². The van der Waals surface area contributed by atoms with E-state index in [2.05, 4.69) is 20.9 Å². The van der Waals surface area contributed by atoms with Crippen molar-refractivity contribution in [3.05, 3.63) is 89.0 Å². The molecule has 1 unspecified atom stereocenters. The van der Waals surface area contributed by atoms with Crippen LogP contribution in [0.2, 0.25) is 0 Å². The second-order valence-corrected chi connectivity index (χ2v) is 9.39. The first-order valence-corrected chi connectivity index (χ1v) is 11.9. The first-order chi connectivity index (χ1) is 16.0. The number of halogens is 1. The van der Waals surface area contributed by atoms with Gasteiger partial charge in [0.05, 0.1) is 28.5 Å². The molecule has 0 aliphatic carbocycles. The van der Waals surface area contributed by atoms with Crippen LogP contribution in [0.5, 0.6) is 11.5 Å². The predicted octanol–water partition coefficient (Wildman–Crippen LogP) is 3.29. The van der Waals surface area contributed by atoms with E-state index in [1.165, 1.54) is 11.3 Å². The van der Waals surface area contributed by atoms with Gasteiger partial charge in [0.2, 0.25) is 6.79 Å². The Morgan fingerprint density at radius 3 is 2.76 bits per heavy atom. The smallest absolute Gasteiger partial charge is 0.338 e. The van der Waals surface area contributed by atoms with Gasteiger partial charge in [-0.05, 0) is 55.3 Å². The highest BCUT2D eigenvalue weighted by Gasteiger charge is 2.34. The lowest BCUT2D eigenvalue weighted by molar-refractivity contribution is -0.139. The van der Waals surface area contributed by atoms with Crippen molar-refractivity contribution >= 4 is 39.3 Å². The quantitative estimate of drug-likeness (QED) is 0.487. The number of hydrogen-bond acceptors (Lipinski definition) is 7. The summed E-state index contributed by atoms with van der Waals surface area (Å²) in [7, 11) is 0. The Morgan fingerprint density at radius 1 is 1.24 bits per heavy atom. The Bertz CT molecular complexity index is 1470. The molecule has 0 N–H and O–H groups in total. The number of rotatable bonds is 4. The lowest BCUT2D eigenvalue weighted by atomic mass is 9.95. The number of benzene rings is 2. The highest BCUT2D eigenvalue weighted by atomic mass is 79.9. The highest BCUT2D eigenvalue weighted by Crippen LogP contribution is 2.38. The van der Waals surface area contributed by atoms with Crippen LogP contribution in [0.25, 0.3) is 6.08 Å². The summed E-state index contributed by atoms with van der Waals surface area (Å²) in [6.45, 7) is 3.86. The number of fused-ring (bicyclic) bond motifs is 2. The van der Waals surface area contributed by atoms with E-state index >= 15 is 0 Å². The van der Waals surface area contributed by atoms with Crippen molar-refractivity contribution in [1.29, 1.82) is 0 Å². The van der Waals surface area contributed by atoms with E-state index in [4.69, 9.17) is 14.2 Å². The zero-order valence-electron chi connectivity index (χ0n) is 17.8. The van der Waals surface area contributed by atoms with Crippen LogP contribution in [-0.2, 0) is 9.53 Å². The summed E-state index contributed by atoms with van der Waals surface area (Å²) in [4.78, 5) is 31.7. The van der Waals surface area contributed by atoms with Crippen LogP contribution in [0.15, 0.2) is 68.0 Å². The molecule has 0 amide bonds. The number of hydrogen-bond donors (Lipinski definition) is 0. The van der Waals surface area contributed by atoms with E-state index in [0.717, 1.165) is 10.0 Å². The predicted molar refractivity (Wildman–Crippen MR) is 127 cm³/mol. The Kier molecular flexibility index (Phi) is 5.67. The maximum atomic E-state index is 13.6. The number of aromatic nitrogens is 1. The molecule has 0 saturated heterocycles. The summed E-state index contributed by atoms with van der Waals surface area (Å²) < 4.78 is 19.3. The minimum absolute atomic E-state index is 0.133. The van der Waals surface area contributed by atoms with Gasteiger partial charge in [-0.1, -0.05) is 45.5 Å². The van der Waals surface area contributed by atoms with E-state index in [-0.39, 0.29) is 19.0 Å². The molecular weight excluding hydrogens is 508 g/mol. The number of thiazole rings is 1.